The standard InChI is InChI=1S/C21H15NO4S/c23-21(24)20(14-6-2-1-3-7-14)26-19-13-15(17-8-4-10-25-17)12-16(22-19)18-9-5-11-27-18/h1-13,20H,(H,23,24). The molecule has 0 saturated heterocycles. The zero-order chi connectivity index (χ0) is 18.6. The van der Waals surface area contributed by atoms with Gasteiger partial charge in [0, 0.05) is 17.2 Å². The van der Waals surface area contributed by atoms with E-state index in [0.717, 1.165) is 10.4 Å². The maximum Gasteiger partial charge on any atom is 0.349 e. The van der Waals surface area contributed by atoms with Gasteiger partial charge in [-0.05, 0) is 29.6 Å². The fourth-order valence-corrected chi connectivity index (χ4v) is 3.40. The molecule has 0 amide bonds. The number of benzene rings is 1. The van der Waals surface area contributed by atoms with E-state index in [1.807, 2.05) is 35.7 Å². The largest absolute Gasteiger partial charge is 0.478 e. The van der Waals surface area contributed by atoms with Crippen LogP contribution in [0.25, 0.3) is 21.9 Å². The molecule has 0 aliphatic heterocycles. The minimum atomic E-state index is -1.15. The number of aliphatic carboxylic acids is 1. The number of carboxylic acids is 1. The minimum absolute atomic E-state index is 0.226. The molecule has 4 rings (SSSR count). The van der Waals surface area contributed by atoms with Crippen molar-refractivity contribution in [1.82, 2.24) is 4.98 Å². The Morgan fingerprint density at radius 1 is 1.07 bits per heavy atom. The molecule has 4 aromatic rings. The number of pyridine rings is 1. The van der Waals surface area contributed by atoms with Crippen LogP contribution in [0.1, 0.15) is 11.7 Å². The number of carbonyl (C=O) groups is 1. The van der Waals surface area contributed by atoms with Crippen molar-refractivity contribution in [3.8, 4) is 27.8 Å². The minimum Gasteiger partial charge on any atom is -0.478 e. The van der Waals surface area contributed by atoms with E-state index in [-0.39, 0.29) is 5.88 Å². The number of thiophene rings is 1. The first-order valence-corrected chi connectivity index (χ1v) is 9.13. The Balaban J connectivity index is 1.76. The SMILES string of the molecule is O=C(O)C(Oc1cc(-c2ccco2)cc(-c2cccs2)n1)c1ccccc1. The molecular weight excluding hydrogens is 362 g/mol. The van der Waals surface area contributed by atoms with Crippen LogP contribution in [0.5, 0.6) is 5.88 Å². The molecule has 0 aliphatic carbocycles. The van der Waals surface area contributed by atoms with E-state index in [4.69, 9.17) is 9.15 Å². The molecule has 27 heavy (non-hydrogen) atoms. The molecule has 0 aliphatic rings. The predicted molar refractivity (Wildman–Crippen MR) is 103 cm³/mol. The van der Waals surface area contributed by atoms with Crippen molar-refractivity contribution in [1.29, 1.82) is 0 Å². The van der Waals surface area contributed by atoms with Gasteiger partial charge in [-0.1, -0.05) is 36.4 Å². The normalized spacial score (nSPS) is 11.9. The summed E-state index contributed by atoms with van der Waals surface area (Å²) >= 11 is 1.55. The van der Waals surface area contributed by atoms with Gasteiger partial charge in [-0.2, -0.15) is 0 Å². The lowest BCUT2D eigenvalue weighted by Crippen LogP contribution is -2.18. The maximum atomic E-state index is 11.8. The molecule has 0 bridgehead atoms. The zero-order valence-electron chi connectivity index (χ0n) is 14.1. The maximum absolute atomic E-state index is 11.8. The number of rotatable bonds is 6. The molecule has 1 N–H and O–H groups in total. The van der Waals surface area contributed by atoms with E-state index in [1.165, 1.54) is 0 Å². The van der Waals surface area contributed by atoms with E-state index in [1.54, 1.807) is 54.0 Å². The summed E-state index contributed by atoms with van der Waals surface area (Å²) in [6, 6.07) is 19.9. The molecular formula is C21H15NO4S. The summed E-state index contributed by atoms with van der Waals surface area (Å²) < 4.78 is 11.3. The number of nitrogens with zero attached hydrogens (tertiary/aromatic N) is 1. The second-order valence-electron chi connectivity index (χ2n) is 5.78. The van der Waals surface area contributed by atoms with Gasteiger partial charge in [0.2, 0.25) is 12.0 Å². The Morgan fingerprint density at radius 3 is 2.59 bits per heavy atom. The number of furan rings is 1. The van der Waals surface area contributed by atoms with Crippen molar-refractivity contribution in [2.45, 2.75) is 6.10 Å². The van der Waals surface area contributed by atoms with Crippen LogP contribution < -0.4 is 4.74 Å². The molecule has 0 fully saturated rings. The Hall–Kier alpha value is -3.38. The Morgan fingerprint density at radius 2 is 1.93 bits per heavy atom. The van der Waals surface area contributed by atoms with Crippen molar-refractivity contribution in [3.05, 3.63) is 83.9 Å². The number of hydrogen-bond acceptors (Lipinski definition) is 5. The Bertz CT molecular complexity index is 975. The fourth-order valence-electron chi connectivity index (χ4n) is 2.71. The highest BCUT2D eigenvalue weighted by Gasteiger charge is 2.23. The third-order valence-corrected chi connectivity index (χ3v) is 4.84. The van der Waals surface area contributed by atoms with E-state index >= 15 is 0 Å². The van der Waals surface area contributed by atoms with E-state index in [0.29, 0.717) is 17.0 Å². The average Bonchev–Trinajstić information content (AvgIpc) is 3.40. The van der Waals surface area contributed by atoms with Gasteiger partial charge in [0.1, 0.15) is 5.76 Å². The third kappa shape index (κ3) is 3.75. The molecule has 3 heterocycles. The quantitative estimate of drug-likeness (QED) is 0.495. The molecule has 1 atom stereocenters. The highest BCUT2D eigenvalue weighted by molar-refractivity contribution is 7.13. The molecule has 3 aromatic heterocycles. The van der Waals surface area contributed by atoms with Crippen molar-refractivity contribution >= 4 is 17.3 Å². The van der Waals surface area contributed by atoms with Gasteiger partial charge in [0.25, 0.3) is 0 Å². The molecule has 0 radical (unpaired) electrons. The summed E-state index contributed by atoms with van der Waals surface area (Å²) in [6.07, 6.45) is 0.437. The first-order valence-electron chi connectivity index (χ1n) is 8.25. The van der Waals surface area contributed by atoms with E-state index < -0.39 is 12.1 Å². The van der Waals surface area contributed by atoms with Crippen molar-refractivity contribution < 1.29 is 19.1 Å². The fraction of sp³-hybridized carbons (Fsp3) is 0.0476. The average molecular weight is 377 g/mol. The van der Waals surface area contributed by atoms with Crippen molar-refractivity contribution in [2.24, 2.45) is 0 Å². The molecule has 5 nitrogen and oxygen atoms in total. The second-order valence-corrected chi connectivity index (χ2v) is 6.73. The van der Waals surface area contributed by atoms with Gasteiger partial charge in [-0.15, -0.1) is 11.3 Å². The van der Waals surface area contributed by atoms with Crippen LogP contribution in [0.3, 0.4) is 0 Å². The summed E-state index contributed by atoms with van der Waals surface area (Å²) in [7, 11) is 0. The van der Waals surface area contributed by atoms with Crippen molar-refractivity contribution in [2.75, 3.05) is 0 Å². The lowest BCUT2D eigenvalue weighted by molar-refractivity contribution is -0.145. The summed E-state index contributed by atoms with van der Waals surface area (Å²) in [5.74, 6) is -0.195. The summed E-state index contributed by atoms with van der Waals surface area (Å²) in [4.78, 5) is 17.2. The van der Waals surface area contributed by atoms with Gasteiger partial charge in [0.05, 0.1) is 16.8 Å². The van der Waals surface area contributed by atoms with Crippen LogP contribution in [-0.4, -0.2) is 16.1 Å². The Kier molecular flexibility index (Phi) is 4.72. The van der Waals surface area contributed by atoms with E-state index in [2.05, 4.69) is 4.98 Å². The van der Waals surface area contributed by atoms with Crippen LogP contribution in [0.4, 0.5) is 0 Å². The molecule has 1 aromatic carbocycles. The summed E-state index contributed by atoms with van der Waals surface area (Å²) in [5.41, 5.74) is 2.02. The van der Waals surface area contributed by atoms with E-state index in [9.17, 15) is 9.90 Å². The lowest BCUT2D eigenvalue weighted by atomic mass is 10.1. The highest BCUT2D eigenvalue weighted by Crippen LogP contribution is 2.32. The molecule has 134 valence electrons. The summed E-state index contributed by atoms with van der Waals surface area (Å²) in [5, 5.41) is 11.6. The Labute approximate surface area is 159 Å². The van der Waals surface area contributed by atoms with Crippen LogP contribution in [-0.2, 0) is 4.79 Å². The summed E-state index contributed by atoms with van der Waals surface area (Å²) in [6.45, 7) is 0. The predicted octanol–water partition coefficient (Wildman–Crippen LogP) is 5.27. The van der Waals surface area contributed by atoms with Gasteiger partial charge < -0.3 is 14.3 Å². The third-order valence-electron chi connectivity index (χ3n) is 3.95. The van der Waals surface area contributed by atoms with Gasteiger partial charge in [-0.3, -0.25) is 0 Å². The molecule has 6 heteroatoms. The van der Waals surface area contributed by atoms with Gasteiger partial charge in [-0.25, -0.2) is 9.78 Å². The number of aromatic nitrogens is 1. The zero-order valence-corrected chi connectivity index (χ0v) is 14.9. The van der Waals surface area contributed by atoms with Gasteiger partial charge in [0.15, 0.2) is 0 Å². The molecule has 0 saturated carbocycles. The topological polar surface area (TPSA) is 72.6 Å². The number of hydrogen-bond donors (Lipinski definition) is 1. The smallest absolute Gasteiger partial charge is 0.349 e. The van der Waals surface area contributed by atoms with Gasteiger partial charge >= 0.3 is 5.97 Å². The second kappa shape index (κ2) is 7.47. The molecule has 0 spiro atoms. The van der Waals surface area contributed by atoms with Crippen LogP contribution in [0.2, 0.25) is 0 Å². The number of carboxylic acid groups (broad SMARTS) is 1. The lowest BCUT2D eigenvalue weighted by Gasteiger charge is -2.16. The highest BCUT2D eigenvalue weighted by atomic mass is 32.1. The van der Waals surface area contributed by atoms with Crippen LogP contribution in [0.15, 0.2) is 82.8 Å². The van der Waals surface area contributed by atoms with Crippen LogP contribution >= 0.6 is 11.3 Å². The first-order chi connectivity index (χ1) is 13.2. The molecule has 1 unspecified atom stereocenters. The number of ether oxygens (including phenoxy) is 1. The monoisotopic (exact) mass is 377 g/mol. The van der Waals surface area contributed by atoms with Crippen LogP contribution in [0, 0.1) is 0 Å². The van der Waals surface area contributed by atoms with Crippen molar-refractivity contribution in [3.63, 3.8) is 0 Å². The first kappa shape index (κ1) is 17.1.